The number of rotatable bonds is 6. The molecule has 32 heavy (non-hydrogen) atoms. The largest absolute Gasteiger partial charge is 0.432 e. The molecule has 0 unspecified atom stereocenters. The quantitative estimate of drug-likeness (QED) is 0.225. The van der Waals surface area contributed by atoms with Crippen LogP contribution in [-0.2, 0) is 6.18 Å². The number of aromatic amines is 1. The minimum atomic E-state index is -4.64. The minimum Gasteiger partial charge on any atom is -0.398 e. The lowest BCUT2D eigenvalue weighted by Gasteiger charge is -2.03. The third kappa shape index (κ3) is 5.56. The van der Waals surface area contributed by atoms with Crippen molar-refractivity contribution in [2.75, 3.05) is 11.1 Å². The van der Waals surface area contributed by atoms with E-state index in [2.05, 4.69) is 20.4 Å². The van der Waals surface area contributed by atoms with Crippen LogP contribution in [0.25, 0.3) is 6.08 Å². The highest BCUT2D eigenvalue weighted by atomic mass is 19.4. The Bertz CT molecular complexity index is 1210. The van der Waals surface area contributed by atoms with E-state index in [-0.39, 0.29) is 11.7 Å². The van der Waals surface area contributed by atoms with Crippen molar-refractivity contribution in [1.82, 2.24) is 15.2 Å². The number of nitrogen functional groups attached to an aromatic ring is 1. The van der Waals surface area contributed by atoms with Crippen LogP contribution in [0.1, 0.15) is 27.4 Å². The molecule has 1 aromatic carbocycles. The number of hydrogen-bond donors (Lipinski definition) is 5. The first-order valence-electron chi connectivity index (χ1n) is 8.99. The highest BCUT2D eigenvalue weighted by Crippen LogP contribution is 2.27. The van der Waals surface area contributed by atoms with E-state index >= 15 is 0 Å². The van der Waals surface area contributed by atoms with Gasteiger partial charge in [-0.05, 0) is 42.5 Å². The molecule has 3 aromatic rings. The van der Waals surface area contributed by atoms with Gasteiger partial charge in [-0.15, -0.1) is 0 Å². The number of anilines is 2. The summed E-state index contributed by atoms with van der Waals surface area (Å²) in [5, 5.41) is 14.8. The number of amides is 1. The number of nitrogens with zero attached hydrogens (tertiary/aromatic N) is 3. The van der Waals surface area contributed by atoms with Crippen LogP contribution in [-0.4, -0.2) is 33.1 Å². The van der Waals surface area contributed by atoms with Gasteiger partial charge < -0.3 is 22.2 Å². The number of halogens is 3. The molecule has 12 heteroatoms. The van der Waals surface area contributed by atoms with Crippen LogP contribution in [0.4, 0.5) is 30.4 Å². The first-order valence-corrected chi connectivity index (χ1v) is 8.99. The highest BCUT2D eigenvalue weighted by Gasteiger charge is 2.33. The normalized spacial score (nSPS) is 12.2. The number of nitrogens with two attached hydrogens (primary N) is 2. The number of carbonyl (C=O) groups is 1. The molecule has 7 N–H and O–H groups in total. The van der Waals surface area contributed by atoms with Crippen molar-refractivity contribution in [3.05, 3.63) is 71.2 Å². The van der Waals surface area contributed by atoms with E-state index < -0.39 is 23.5 Å². The second-order valence-corrected chi connectivity index (χ2v) is 6.39. The molecule has 0 fully saturated rings. The Hall–Kier alpha value is -4.48. The molecule has 9 nitrogen and oxygen atoms in total. The van der Waals surface area contributed by atoms with Crippen LogP contribution in [0, 0.1) is 5.41 Å². The van der Waals surface area contributed by atoms with E-state index in [0.29, 0.717) is 28.7 Å². The SMILES string of the molecule is N=Cc1cc(N=C(N)/C=C/c2cccc(NC(=O)c3cc(C(F)(F)F)[nH]n3)n2)ccc1N. The van der Waals surface area contributed by atoms with E-state index in [1.165, 1.54) is 12.1 Å². The number of benzene rings is 1. The molecule has 0 bridgehead atoms. The van der Waals surface area contributed by atoms with E-state index in [9.17, 15) is 18.0 Å². The highest BCUT2D eigenvalue weighted by molar-refractivity contribution is 6.02. The van der Waals surface area contributed by atoms with Gasteiger partial charge in [0.05, 0.1) is 11.4 Å². The molecule has 0 spiro atoms. The van der Waals surface area contributed by atoms with Crippen LogP contribution in [0.5, 0.6) is 0 Å². The Morgan fingerprint density at radius 3 is 2.69 bits per heavy atom. The third-order valence-corrected chi connectivity index (χ3v) is 4.04. The summed E-state index contributed by atoms with van der Waals surface area (Å²) in [6.07, 6.45) is -0.502. The van der Waals surface area contributed by atoms with Crippen molar-refractivity contribution >= 4 is 41.2 Å². The fourth-order valence-corrected chi connectivity index (χ4v) is 2.49. The van der Waals surface area contributed by atoms with Crippen molar-refractivity contribution in [3.63, 3.8) is 0 Å². The second kappa shape index (κ2) is 9.12. The van der Waals surface area contributed by atoms with Gasteiger partial charge in [0.15, 0.2) is 5.69 Å². The lowest BCUT2D eigenvalue weighted by Crippen LogP contribution is -2.13. The molecule has 2 heterocycles. The predicted molar refractivity (Wildman–Crippen MR) is 115 cm³/mol. The summed E-state index contributed by atoms with van der Waals surface area (Å²) in [4.78, 5) is 20.5. The number of nitrogens with one attached hydrogen (secondary N) is 3. The number of carbonyl (C=O) groups excluding carboxylic acids is 1. The number of H-pyrrole nitrogens is 1. The van der Waals surface area contributed by atoms with Gasteiger partial charge in [0.1, 0.15) is 17.3 Å². The molecular formula is C20H17F3N8O. The molecule has 2 aromatic heterocycles. The average Bonchev–Trinajstić information content (AvgIpc) is 3.25. The first kappa shape index (κ1) is 22.2. The summed E-state index contributed by atoms with van der Waals surface area (Å²) < 4.78 is 37.9. The monoisotopic (exact) mass is 442 g/mol. The van der Waals surface area contributed by atoms with Crippen molar-refractivity contribution in [2.24, 2.45) is 10.7 Å². The smallest absolute Gasteiger partial charge is 0.398 e. The van der Waals surface area contributed by atoms with Crippen LogP contribution in [0.2, 0.25) is 0 Å². The molecule has 164 valence electrons. The topological polar surface area (TPSA) is 159 Å². The van der Waals surface area contributed by atoms with Crippen molar-refractivity contribution in [1.29, 1.82) is 5.41 Å². The van der Waals surface area contributed by atoms with Crippen molar-refractivity contribution in [3.8, 4) is 0 Å². The molecular weight excluding hydrogens is 425 g/mol. The maximum absolute atomic E-state index is 12.6. The molecule has 0 aliphatic heterocycles. The van der Waals surface area contributed by atoms with Gasteiger partial charge in [-0.25, -0.2) is 9.98 Å². The maximum Gasteiger partial charge on any atom is 0.432 e. The molecule has 1 amide bonds. The van der Waals surface area contributed by atoms with Crippen LogP contribution < -0.4 is 16.8 Å². The fraction of sp³-hybridized carbons (Fsp3) is 0.0500. The molecule has 0 atom stereocenters. The number of aliphatic imine (C=N–C) groups is 1. The number of aromatic nitrogens is 3. The lowest BCUT2D eigenvalue weighted by atomic mass is 10.2. The first-order chi connectivity index (χ1) is 15.2. The van der Waals surface area contributed by atoms with Gasteiger partial charge in [-0.3, -0.25) is 9.89 Å². The van der Waals surface area contributed by atoms with Crippen LogP contribution in [0.3, 0.4) is 0 Å². The van der Waals surface area contributed by atoms with Crippen LogP contribution >= 0.6 is 0 Å². The van der Waals surface area contributed by atoms with Gasteiger partial charge in [0.25, 0.3) is 5.91 Å². The lowest BCUT2D eigenvalue weighted by molar-refractivity contribution is -0.141. The Balaban J connectivity index is 1.70. The molecule has 0 radical (unpaired) electrons. The number of alkyl halides is 3. The molecule has 3 rings (SSSR count). The summed E-state index contributed by atoms with van der Waals surface area (Å²) in [5.41, 5.74) is 11.9. The van der Waals surface area contributed by atoms with Gasteiger partial charge in [0, 0.05) is 23.5 Å². The van der Waals surface area contributed by atoms with Crippen LogP contribution in [0.15, 0.2) is 53.5 Å². The van der Waals surface area contributed by atoms with Gasteiger partial charge in [0.2, 0.25) is 0 Å². The summed E-state index contributed by atoms with van der Waals surface area (Å²) in [7, 11) is 0. The fourth-order valence-electron chi connectivity index (χ4n) is 2.49. The summed E-state index contributed by atoms with van der Waals surface area (Å²) in [6.45, 7) is 0. The molecule has 0 saturated carbocycles. The minimum absolute atomic E-state index is 0.110. The van der Waals surface area contributed by atoms with Gasteiger partial charge in [-0.1, -0.05) is 6.07 Å². The zero-order chi connectivity index (χ0) is 23.3. The third-order valence-electron chi connectivity index (χ3n) is 4.04. The van der Waals surface area contributed by atoms with Crippen molar-refractivity contribution in [2.45, 2.75) is 6.18 Å². The Morgan fingerprint density at radius 1 is 1.22 bits per heavy atom. The molecule has 0 aliphatic carbocycles. The van der Waals surface area contributed by atoms with E-state index in [4.69, 9.17) is 16.9 Å². The Kier molecular flexibility index (Phi) is 6.33. The number of amidine groups is 1. The van der Waals surface area contributed by atoms with Crippen molar-refractivity contribution < 1.29 is 18.0 Å². The van der Waals surface area contributed by atoms with E-state index in [1.807, 2.05) is 0 Å². The number of hydrogen-bond acceptors (Lipinski definition) is 6. The maximum atomic E-state index is 12.6. The van der Waals surface area contributed by atoms with E-state index in [1.54, 1.807) is 41.5 Å². The standard InChI is InChI=1S/C20H17F3N8O/c21-20(22,23)16-9-15(30-31-16)19(32)29-18-3-1-2-12(28-18)5-7-17(26)27-13-4-6-14(25)11(8-13)10-24/h1-10,24H,25H2,(H2,26,27)(H,30,31)(H,28,29,32)/b7-5+,24-10?. The van der Waals surface area contributed by atoms with Gasteiger partial charge in [-0.2, -0.15) is 18.3 Å². The second-order valence-electron chi connectivity index (χ2n) is 6.39. The Morgan fingerprint density at radius 2 is 2.00 bits per heavy atom. The summed E-state index contributed by atoms with van der Waals surface area (Å²) in [5.74, 6) is -0.590. The molecule has 0 saturated heterocycles. The predicted octanol–water partition coefficient (Wildman–Crippen LogP) is 3.36. The van der Waals surface area contributed by atoms with E-state index in [0.717, 1.165) is 6.21 Å². The summed E-state index contributed by atoms with van der Waals surface area (Å²) in [6, 6.07) is 10.2. The Labute approximate surface area is 179 Å². The number of pyridine rings is 1. The average molecular weight is 442 g/mol. The van der Waals surface area contributed by atoms with Gasteiger partial charge >= 0.3 is 6.18 Å². The summed E-state index contributed by atoms with van der Waals surface area (Å²) >= 11 is 0. The zero-order valence-electron chi connectivity index (χ0n) is 16.3. The zero-order valence-corrected chi connectivity index (χ0v) is 16.3. The molecule has 0 aliphatic rings.